The van der Waals surface area contributed by atoms with Crippen LogP contribution in [0.2, 0.25) is 0 Å². The molecule has 1 saturated heterocycles. The van der Waals surface area contributed by atoms with Crippen molar-refractivity contribution in [2.75, 3.05) is 12.9 Å². The molecule has 1 aromatic rings. The SMILES string of the molecule is COc1ccc(F)cc1C(NN)C1CSC(C)C(C)S1. The highest BCUT2D eigenvalue weighted by Gasteiger charge is 2.33. The number of hydrogen-bond donors (Lipinski definition) is 2. The molecule has 0 amide bonds. The zero-order chi connectivity index (χ0) is 14.7. The predicted octanol–water partition coefficient (Wildman–Crippen LogP) is 2.96. The number of ether oxygens (including phenoxy) is 1. The van der Waals surface area contributed by atoms with E-state index in [-0.39, 0.29) is 11.9 Å². The number of methoxy groups -OCH3 is 1. The molecule has 6 heteroatoms. The largest absolute Gasteiger partial charge is 0.496 e. The van der Waals surface area contributed by atoms with Crippen LogP contribution in [0.5, 0.6) is 5.75 Å². The Kier molecular flexibility index (Phi) is 5.60. The van der Waals surface area contributed by atoms with Gasteiger partial charge in [0.25, 0.3) is 0 Å². The second-order valence-electron chi connectivity index (χ2n) is 4.95. The lowest BCUT2D eigenvalue weighted by molar-refractivity contribution is 0.397. The Balaban J connectivity index is 2.26. The van der Waals surface area contributed by atoms with Gasteiger partial charge in [-0.2, -0.15) is 23.5 Å². The first-order valence-electron chi connectivity index (χ1n) is 6.63. The Morgan fingerprint density at radius 1 is 1.40 bits per heavy atom. The average molecular weight is 316 g/mol. The number of benzene rings is 1. The van der Waals surface area contributed by atoms with Crippen molar-refractivity contribution in [3.05, 3.63) is 29.6 Å². The molecule has 2 rings (SSSR count). The lowest BCUT2D eigenvalue weighted by Gasteiger charge is -2.36. The summed E-state index contributed by atoms with van der Waals surface area (Å²) in [7, 11) is 1.60. The molecule has 1 aliphatic heterocycles. The maximum Gasteiger partial charge on any atom is 0.123 e. The van der Waals surface area contributed by atoms with Crippen molar-refractivity contribution >= 4 is 23.5 Å². The van der Waals surface area contributed by atoms with Crippen LogP contribution in [0.25, 0.3) is 0 Å². The number of rotatable bonds is 4. The Labute approximate surface area is 128 Å². The Bertz CT molecular complexity index is 461. The van der Waals surface area contributed by atoms with Gasteiger partial charge < -0.3 is 4.74 Å². The molecule has 0 aromatic heterocycles. The summed E-state index contributed by atoms with van der Waals surface area (Å²) in [5, 5.41) is 1.48. The van der Waals surface area contributed by atoms with E-state index in [1.807, 2.05) is 23.5 Å². The number of thioether (sulfide) groups is 2. The predicted molar refractivity (Wildman–Crippen MR) is 85.8 cm³/mol. The fraction of sp³-hybridized carbons (Fsp3) is 0.571. The van der Waals surface area contributed by atoms with Gasteiger partial charge in [0.1, 0.15) is 11.6 Å². The Hall–Kier alpha value is -0.430. The van der Waals surface area contributed by atoms with Crippen LogP contribution in [0.1, 0.15) is 25.5 Å². The van der Waals surface area contributed by atoms with E-state index in [1.54, 1.807) is 13.2 Å². The molecule has 0 bridgehead atoms. The minimum Gasteiger partial charge on any atom is -0.496 e. The van der Waals surface area contributed by atoms with E-state index in [0.29, 0.717) is 21.5 Å². The van der Waals surface area contributed by atoms with E-state index in [2.05, 4.69) is 19.3 Å². The van der Waals surface area contributed by atoms with Crippen LogP contribution < -0.4 is 16.0 Å². The first-order valence-corrected chi connectivity index (χ1v) is 8.62. The lowest BCUT2D eigenvalue weighted by atomic mass is 10.0. The molecular weight excluding hydrogens is 295 g/mol. The first kappa shape index (κ1) is 15.9. The van der Waals surface area contributed by atoms with Crippen LogP contribution in [0.15, 0.2) is 18.2 Å². The van der Waals surface area contributed by atoms with Gasteiger partial charge in [0.15, 0.2) is 0 Å². The van der Waals surface area contributed by atoms with E-state index < -0.39 is 0 Å². The third-order valence-corrected chi connectivity index (χ3v) is 7.15. The van der Waals surface area contributed by atoms with Crippen LogP contribution in [0.4, 0.5) is 4.39 Å². The fourth-order valence-electron chi connectivity index (χ4n) is 2.33. The summed E-state index contributed by atoms with van der Waals surface area (Å²) < 4.78 is 18.9. The molecule has 3 nitrogen and oxygen atoms in total. The highest BCUT2D eigenvalue weighted by Crippen LogP contribution is 2.42. The van der Waals surface area contributed by atoms with Gasteiger partial charge in [0.05, 0.1) is 13.2 Å². The van der Waals surface area contributed by atoms with Crippen molar-refractivity contribution in [2.24, 2.45) is 5.84 Å². The summed E-state index contributed by atoms with van der Waals surface area (Å²) in [5.74, 6) is 7.13. The van der Waals surface area contributed by atoms with Crippen molar-refractivity contribution in [1.29, 1.82) is 0 Å². The standard InChI is InChI=1S/C14H21FN2OS2/c1-8-9(2)20-13(7-19-8)14(17-16)11-6-10(15)4-5-12(11)18-3/h4-6,8-9,13-14,17H,7,16H2,1-3H3. The van der Waals surface area contributed by atoms with Crippen LogP contribution in [-0.2, 0) is 0 Å². The normalized spacial score (nSPS) is 28.1. The van der Waals surface area contributed by atoms with Gasteiger partial charge in [-0.15, -0.1) is 0 Å². The topological polar surface area (TPSA) is 47.3 Å². The minimum atomic E-state index is -0.268. The number of halogens is 1. The summed E-state index contributed by atoms with van der Waals surface area (Å²) >= 11 is 3.85. The van der Waals surface area contributed by atoms with Crippen LogP contribution >= 0.6 is 23.5 Å². The molecule has 4 atom stereocenters. The Morgan fingerprint density at radius 2 is 2.15 bits per heavy atom. The monoisotopic (exact) mass is 316 g/mol. The van der Waals surface area contributed by atoms with E-state index in [4.69, 9.17) is 10.6 Å². The number of nitrogens with one attached hydrogen (secondary N) is 1. The van der Waals surface area contributed by atoms with Crippen molar-refractivity contribution < 1.29 is 9.13 Å². The summed E-state index contributed by atoms with van der Waals surface area (Å²) in [6, 6.07) is 4.45. The van der Waals surface area contributed by atoms with Gasteiger partial charge in [0, 0.05) is 27.1 Å². The van der Waals surface area contributed by atoms with Crippen molar-refractivity contribution in [3.63, 3.8) is 0 Å². The average Bonchev–Trinajstić information content (AvgIpc) is 2.44. The van der Waals surface area contributed by atoms with Crippen LogP contribution in [0.3, 0.4) is 0 Å². The zero-order valence-electron chi connectivity index (χ0n) is 11.9. The van der Waals surface area contributed by atoms with Crippen molar-refractivity contribution in [2.45, 2.75) is 35.6 Å². The fourth-order valence-corrected chi connectivity index (χ4v) is 5.42. The molecule has 4 unspecified atom stereocenters. The third-order valence-electron chi connectivity index (χ3n) is 3.65. The summed E-state index contributed by atoms with van der Waals surface area (Å²) in [4.78, 5) is 0. The molecule has 112 valence electrons. The summed E-state index contributed by atoms with van der Waals surface area (Å²) in [6.45, 7) is 4.47. The van der Waals surface area contributed by atoms with Gasteiger partial charge in [-0.25, -0.2) is 4.39 Å². The van der Waals surface area contributed by atoms with Gasteiger partial charge in [0.2, 0.25) is 0 Å². The van der Waals surface area contributed by atoms with E-state index >= 15 is 0 Å². The molecule has 1 heterocycles. The third kappa shape index (κ3) is 3.42. The van der Waals surface area contributed by atoms with Gasteiger partial charge in [-0.1, -0.05) is 13.8 Å². The number of hydrazine groups is 1. The van der Waals surface area contributed by atoms with E-state index in [1.165, 1.54) is 12.1 Å². The molecule has 0 saturated carbocycles. The minimum absolute atomic E-state index is 0.118. The van der Waals surface area contributed by atoms with Crippen LogP contribution in [-0.4, -0.2) is 28.6 Å². The quantitative estimate of drug-likeness (QED) is 0.660. The second-order valence-corrected chi connectivity index (χ2v) is 7.98. The molecule has 0 aliphatic carbocycles. The molecule has 20 heavy (non-hydrogen) atoms. The van der Waals surface area contributed by atoms with Gasteiger partial charge in [-0.3, -0.25) is 11.3 Å². The summed E-state index contributed by atoms with van der Waals surface area (Å²) in [5.41, 5.74) is 3.63. The molecular formula is C14H21FN2OS2. The highest BCUT2D eigenvalue weighted by molar-refractivity contribution is 8.07. The van der Waals surface area contributed by atoms with E-state index in [9.17, 15) is 4.39 Å². The second kappa shape index (κ2) is 7.02. The van der Waals surface area contributed by atoms with E-state index in [0.717, 1.165) is 11.3 Å². The van der Waals surface area contributed by atoms with Crippen molar-refractivity contribution in [1.82, 2.24) is 5.43 Å². The molecule has 3 N–H and O–H groups in total. The van der Waals surface area contributed by atoms with Gasteiger partial charge in [-0.05, 0) is 18.2 Å². The lowest BCUT2D eigenvalue weighted by Crippen LogP contribution is -2.40. The first-order chi connectivity index (χ1) is 9.56. The molecule has 0 spiro atoms. The number of hydrogen-bond acceptors (Lipinski definition) is 5. The Morgan fingerprint density at radius 3 is 2.75 bits per heavy atom. The number of nitrogens with two attached hydrogens (primary N) is 1. The van der Waals surface area contributed by atoms with Crippen LogP contribution in [0, 0.1) is 5.82 Å². The molecule has 1 fully saturated rings. The zero-order valence-corrected chi connectivity index (χ0v) is 13.6. The van der Waals surface area contributed by atoms with Crippen molar-refractivity contribution in [3.8, 4) is 5.75 Å². The smallest absolute Gasteiger partial charge is 0.123 e. The molecule has 1 aliphatic rings. The molecule has 0 radical (unpaired) electrons. The maximum absolute atomic E-state index is 13.5. The molecule has 1 aromatic carbocycles. The summed E-state index contributed by atoms with van der Waals surface area (Å²) in [6.07, 6.45) is 0. The van der Waals surface area contributed by atoms with Gasteiger partial charge >= 0.3 is 0 Å². The maximum atomic E-state index is 13.5. The highest BCUT2D eigenvalue weighted by atomic mass is 32.2.